The van der Waals surface area contributed by atoms with Gasteiger partial charge in [-0.05, 0) is 67.8 Å². The molecule has 0 aliphatic carbocycles. The van der Waals surface area contributed by atoms with Crippen molar-refractivity contribution >= 4 is 53.4 Å². The number of hydrogen-bond acceptors (Lipinski definition) is 10. The summed E-state index contributed by atoms with van der Waals surface area (Å²) in [6, 6.07) is 19.5. The molecule has 8 rings (SSSR count). The quantitative estimate of drug-likeness (QED) is 0.151. The highest BCUT2D eigenvalue weighted by Gasteiger charge is 2.40. The van der Waals surface area contributed by atoms with Crippen molar-refractivity contribution in [2.75, 3.05) is 64.6 Å². The number of aromatic nitrogens is 2. The number of carbonyl (C=O) groups excluding carboxylic acids is 4. The number of amides is 4. The SMILES string of the molecule is COc1cc(N2CCC(N3CCN(C(=O)CCc4cccc5c4CN(C4CCC(=O)NC4=O)C5=O)CC3)CC2)ccc1Cc1ncc(Cl)c(Cc2ccccc2P(C)(C)=O)n1. The number of hydrogen-bond donors (Lipinski definition) is 1. The van der Waals surface area contributed by atoms with Crippen LogP contribution in [0.4, 0.5) is 5.69 Å². The number of imide groups is 1. The summed E-state index contributed by atoms with van der Waals surface area (Å²) in [5, 5.41) is 3.68. The van der Waals surface area contributed by atoms with Gasteiger partial charge in [0.25, 0.3) is 5.91 Å². The lowest BCUT2D eigenvalue weighted by atomic mass is 9.99. The van der Waals surface area contributed by atoms with Gasteiger partial charge in [-0.2, -0.15) is 0 Å². The molecule has 1 atom stereocenters. The van der Waals surface area contributed by atoms with Gasteiger partial charge in [0.2, 0.25) is 17.7 Å². The fourth-order valence-corrected chi connectivity index (χ4v) is 10.8. The predicted octanol–water partition coefficient (Wildman–Crippen LogP) is 5.08. The first kappa shape index (κ1) is 42.6. The fraction of sp³-hybridized carbons (Fsp3) is 0.435. The monoisotopic (exact) mass is 865 g/mol. The van der Waals surface area contributed by atoms with Crippen LogP contribution in [0.1, 0.15) is 76.2 Å². The maximum absolute atomic E-state index is 13.4. The lowest BCUT2D eigenvalue weighted by Gasteiger charge is -2.43. The number of halogens is 1. The van der Waals surface area contributed by atoms with E-state index in [-0.39, 0.29) is 24.1 Å². The van der Waals surface area contributed by atoms with Crippen LogP contribution in [0.3, 0.4) is 0 Å². The summed E-state index contributed by atoms with van der Waals surface area (Å²) >= 11 is 6.57. The Hall–Kier alpha value is -5.10. The van der Waals surface area contributed by atoms with E-state index in [1.54, 1.807) is 37.6 Å². The van der Waals surface area contributed by atoms with Gasteiger partial charge < -0.3 is 24.0 Å². The van der Waals surface area contributed by atoms with Crippen molar-refractivity contribution in [2.45, 2.75) is 70.0 Å². The van der Waals surface area contributed by atoms with Crippen LogP contribution in [0.25, 0.3) is 0 Å². The number of piperidine rings is 2. The van der Waals surface area contributed by atoms with Gasteiger partial charge in [-0.1, -0.05) is 54.1 Å². The molecular formula is C46H53ClN7O6P. The largest absolute Gasteiger partial charge is 0.496 e. The fourth-order valence-electron chi connectivity index (χ4n) is 9.37. The van der Waals surface area contributed by atoms with Gasteiger partial charge in [-0.25, -0.2) is 9.97 Å². The van der Waals surface area contributed by atoms with Gasteiger partial charge in [0.1, 0.15) is 24.8 Å². The molecular weight excluding hydrogens is 813 g/mol. The van der Waals surface area contributed by atoms with Crippen LogP contribution in [0.5, 0.6) is 5.75 Å². The molecule has 1 N–H and O–H groups in total. The van der Waals surface area contributed by atoms with E-state index in [1.165, 1.54) is 0 Å². The molecule has 4 aliphatic heterocycles. The summed E-state index contributed by atoms with van der Waals surface area (Å²) in [4.78, 5) is 68.7. The summed E-state index contributed by atoms with van der Waals surface area (Å²) in [5.74, 6) is 0.601. The van der Waals surface area contributed by atoms with Crippen molar-refractivity contribution in [2.24, 2.45) is 0 Å². The maximum atomic E-state index is 13.4. The summed E-state index contributed by atoms with van der Waals surface area (Å²) in [6.45, 7) is 8.78. The van der Waals surface area contributed by atoms with Crippen molar-refractivity contribution in [3.63, 3.8) is 0 Å². The highest BCUT2D eigenvalue weighted by Crippen LogP contribution is 2.37. The van der Waals surface area contributed by atoms with Crippen molar-refractivity contribution in [3.05, 3.63) is 111 Å². The van der Waals surface area contributed by atoms with Gasteiger partial charge in [-0.3, -0.25) is 29.4 Å². The molecule has 3 saturated heterocycles. The predicted molar refractivity (Wildman–Crippen MR) is 235 cm³/mol. The number of benzene rings is 3. The molecule has 3 aromatic carbocycles. The molecule has 0 spiro atoms. The highest BCUT2D eigenvalue weighted by molar-refractivity contribution is 7.70. The van der Waals surface area contributed by atoms with E-state index in [9.17, 15) is 23.7 Å². The Balaban J connectivity index is 0.813. The minimum atomic E-state index is -2.48. The first-order valence-electron chi connectivity index (χ1n) is 21.2. The number of ether oxygens (including phenoxy) is 1. The average Bonchev–Trinajstić information content (AvgIpc) is 3.60. The van der Waals surface area contributed by atoms with Crippen molar-refractivity contribution in [3.8, 4) is 5.75 Å². The molecule has 0 bridgehead atoms. The molecule has 15 heteroatoms. The van der Waals surface area contributed by atoms with E-state index in [0.717, 1.165) is 78.0 Å². The van der Waals surface area contributed by atoms with E-state index in [0.29, 0.717) is 79.9 Å². The molecule has 0 saturated carbocycles. The number of anilines is 1. The van der Waals surface area contributed by atoms with E-state index >= 15 is 0 Å². The van der Waals surface area contributed by atoms with Crippen molar-refractivity contribution in [1.29, 1.82) is 0 Å². The highest BCUT2D eigenvalue weighted by atomic mass is 35.5. The van der Waals surface area contributed by atoms with Gasteiger partial charge in [0, 0.05) is 112 Å². The number of nitrogens with one attached hydrogen (secondary N) is 1. The number of methoxy groups -OCH3 is 1. The first-order valence-corrected chi connectivity index (χ1v) is 24.2. The zero-order chi connectivity index (χ0) is 42.8. The second-order valence-electron chi connectivity index (χ2n) is 16.9. The Morgan fingerprint density at radius 3 is 2.39 bits per heavy atom. The summed E-state index contributed by atoms with van der Waals surface area (Å²) < 4.78 is 18.8. The topological polar surface area (TPSA) is 145 Å². The molecule has 1 aromatic heterocycles. The Morgan fingerprint density at radius 1 is 0.902 bits per heavy atom. The number of rotatable bonds is 12. The van der Waals surface area contributed by atoms with Crippen LogP contribution < -0.4 is 20.3 Å². The smallest absolute Gasteiger partial charge is 0.255 e. The van der Waals surface area contributed by atoms with Crippen LogP contribution in [0.2, 0.25) is 5.02 Å². The molecule has 5 heterocycles. The second kappa shape index (κ2) is 18.1. The number of nitrogens with zero attached hydrogens (tertiary/aromatic N) is 6. The van der Waals surface area contributed by atoms with Crippen molar-refractivity contribution < 1.29 is 28.5 Å². The molecule has 4 amide bonds. The normalized spacial score (nSPS) is 19.0. The molecule has 1 unspecified atom stereocenters. The van der Waals surface area contributed by atoms with E-state index < -0.39 is 19.1 Å². The zero-order valence-electron chi connectivity index (χ0n) is 35.1. The van der Waals surface area contributed by atoms with E-state index in [4.69, 9.17) is 21.3 Å². The maximum Gasteiger partial charge on any atom is 0.255 e. The molecule has 4 aromatic rings. The van der Waals surface area contributed by atoms with Gasteiger partial charge >= 0.3 is 0 Å². The Labute approximate surface area is 362 Å². The van der Waals surface area contributed by atoms with Crippen LogP contribution in [0.15, 0.2) is 66.9 Å². The summed E-state index contributed by atoms with van der Waals surface area (Å²) in [5.41, 5.74) is 6.15. The van der Waals surface area contributed by atoms with Crippen LogP contribution >= 0.6 is 18.7 Å². The average molecular weight is 866 g/mol. The Kier molecular flexibility index (Phi) is 12.6. The van der Waals surface area contributed by atoms with Gasteiger partial charge in [0.05, 0.1) is 17.8 Å². The first-order chi connectivity index (χ1) is 29.4. The molecule has 3 fully saturated rings. The van der Waals surface area contributed by atoms with Crippen LogP contribution in [0, 0.1) is 0 Å². The second-order valence-corrected chi connectivity index (χ2v) is 20.5. The summed E-state index contributed by atoms with van der Waals surface area (Å²) in [6.07, 6.45) is 6.06. The third-order valence-corrected chi connectivity index (χ3v) is 14.6. The van der Waals surface area contributed by atoms with Crippen LogP contribution in [-0.2, 0) is 44.8 Å². The third-order valence-electron chi connectivity index (χ3n) is 12.7. The molecule has 61 heavy (non-hydrogen) atoms. The Morgan fingerprint density at radius 2 is 1.66 bits per heavy atom. The van der Waals surface area contributed by atoms with Gasteiger partial charge in [0.15, 0.2) is 0 Å². The number of piperazine rings is 1. The number of fused-ring (bicyclic) bond motifs is 1. The standard InChI is InChI=1S/C46H53ClN7O6P/c1-60-40-27-34(13-11-31(40)26-42-48-28-37(47)38(49-42)25-32-7-4-5-10-41(32)61(2,3)59)51-19-17-33(18-20-51)52-21-23-53(24-22-52)44(56)16-12-30-8-6-9-35-36(30)29-54(46(35)58)39-14-15-43(55)50-45(39)57/h4-11,13,27-28,33,39H,12,14-26,29H2,1-3H3,(H,50,55,57). The molecule has 0 radical (unpaired) electrons. The minimum Gasteiger partial charge on any atom is -0.496 e. The molecule has 13 nitrogen and oxygen atoms in total. The number of aryl methyl sites for hydroxylation is 1. The lowest BCUT2D eigenvalue weighted by molar-refractivity contribution is -0.137. The van der Waals surface area contributed by atoms with E-state index in [2.05, 4.69) is 38.3 Å². The lowest BCUT2D eigenvalue weighted by Crippen LogP contribution is -2.54. The molecule has 4 aliphatic rings. The Bertz CT molecular complexity index is 2390. The van der Waals surface area contributed by atoms with Gasteiger partial charge in [-0.15, -0.1) is 0 Å². The zero-order valence-corrected chi connectivity index (χ0v) is 36.7. The molecule has 320 valence electrons. The number of carbonyl (C=O) groups is 4. The minimum absolute atomic E-state index is 0.116. The van der Waals surface area contributed by atoms with Crippen molar-refractivity contribution in [1.82, 2.24) is 30.0 Å². The summed E-state index contributed by atoms with van der Waals surface area (Å²) in [7, 11) is -0.794. The van der Waals surface area contributed by atoms with E-state index in [1.807, 2.05) is 41.3 Å². The van der Waals surface area contributed by atoms with Crippen LogP contribution in [-0.4, -0.2) is 120 Å². The third kappa shape index (κ3) is 9.39.